The fraction of sp³-hybridized carbons (Fsp3) is 0.440. The van der Waals surface area contributed by atoms with Gasteiger partial charge in [-0.3, -0.25) is 9.69 Å². The highest BCUT2D eigenvalue weighted by Crippen LogP contribution is 2.28. The number of para-hydroxylation sites is 3. The van der Waals surface area contributed by atoms with E-state index in [-0.39, 0.29) is 5.56 Å². The van der Waals surface area contributed by atoms with Crippen molar-refractivity contribution in [2.45, 2.75) is 32.2 Å². The maximum absolute atomic E-state index is 12.5. The van der Waals surface area contributed by atoms with Crippen LogP contribution in [0.4, 0.5) is 5.69 Å². The number of anilines is 1. The van der Waals surface area contributed by atoms with Crippen molar-refractivity contribution in [1.82, 2.24) is 9.47 Å². The molecule has 32 heavy (non-hydrogen) atoms. The van der Waals surface area contributed by atoms with Gasteiger partial charge in [-0.15, -0.1) is 0 Å². The van der Waals surface area contributed by atoms with E-state index in [1.54, 1.807) is 31.4 Å². The number of unbranched alkanes of at least 4 members (excludes halogenated alkanes) is 3. The van der Waals surface area contributed by atoms with E-state index in [1.807, 2.05) is 12.1 Å². The molecule has 1 aromatic heterocycles. The number of methoxy groups -OCH3 is 1. The van der Waals surface area contributed by atoms with Crippen LogP contribution in [0.1, 0.15) is 25.7 Å². The fourth-order valence-electron chi connectivity index (χ4n) is 4.36. The van der Waals surface area contributed by atoms with E-state index in [2.05, 4.69) is 21.9 Å². The van der Waals surface area contributed by atoms with Gasteiger partial charge in [0.05, 0.1) is 18.2 Å². The van der Waals surface area contributed by atoms with Crippen molar-refractivity contribution in [2.75, 3.05) is 44.7 Å². The summed E-state index contributed by atoms with van der Waals surface area (Å²) in [6.07, 6.45) is 3.99. The molecule has 1 aliphatic heterocycles. The van der Waals surface area contributed by atoms with Gasteiger partial charge in [-0.05, 0) is 43.7 Å². The molecule has 2 heterocycles. The summed E-state index contributed by atoms with van der Waals surface area (Å²) in [5.74, 6) is 0.363. The lowest BCUT2D eigenvalue weighted by Crippen LogP contribution is -2.46. The Balaban J connectivity index is 1.18. The number of nitrogens with zero attached hydrogens (tertiary/aromatic N) is 3. The van der Waals surface area contributed by atoms with Crippen LogP contribution in [0.15, 0.2) is 62.5 Å². The van der Waals surface area contributed by atoms with Crippen LogP contribution in [0.2, 0.25) is 0 Å². The minimum atomic E-state index is -0.568. The summed E-state index contributed by atoms with van der Waals surface area (Å²) < 4.78 is 12.0. The van der Waals surface area contributed by atoms with Crippen molar-refractivity contribution in [3.8, 4) is 5.75 Å². The maximum atomic E-state index is 12.5. The summed E-state index contributed by atoms with van der Waals surface area (Å²) in [6.45, 7) is 5.58. The molecule has 0 atom stereocenters. The van der Waals surface area contributed by atoms with Gasteiger partial charge in [0.2, 0.25) is 0 Å². The largest absolute Gasteiger partial charge is 0.495 e. The monoisotopic (exact) mass is 437 g/mol. The van der Waals surface area contributed by atoms with Gasteiger partial charge in [0.25, 0.3) is 5.56 Å². The molecule has 0 unspecified atom stereocenters. The molecule has 0 amide bonds. The van der Waals surface area contributed by atoms with Crippen LogP contribution in [0.5, 0.6) is 5.75 Å². The molecule has 0 N–H and O–H groups in total. The van der Waals surface area contributed by atoms with E-state index in [1.165, 1.54) is 10.3 Å². The second-order valence-corrected chi connectivity index (χ2v) is 8.24. The first-order valence-electron chi connectivity index (χ1n) is 11.4. The van der Waals surface area contributed by atoms with E-state index < -0.39 is 5.76 Å². The molecule has 1 aliphatic rings. The number of piperazine rings is 1. The van der Waals surface area contributed by atoms with Crippen molar-refractivity contribution in [3.63, 3.8) is 0 Å². The number of rotatable bonds is 9. The zero-order valence-electron chi connectivity index (χ0n) is 18.7. The van der Waals surface area contributed by atoms with Crippen molar-refractivity contribution < 1.29 is 9.15 Å². The van der Waals surface area contributed by atoms with E-state index in [9.17, 15) is 9.59 Å². The Kier molecular flexibility index (Phi) is 7.27. The Morgan fingerprint density at radius 2 is 1.53 bits per heavy atom. The lowest BCUT2D eigenvalue weighted by Gasteiger charge is -2.36. The van der Waals surface area contributed by atoms with E-state index in [4.69, 9.17) is 9.15 Å². The molecular weight excluding hydrogens is 406 g/mol. The molecule has 2 aromatic carbocycles. The number of aromatic nitrogens is 1. The fourth-order valence-corrected chi connectivity index (χ4v) is 4.36. The van der Waals surface area contributed by atoms with Gasteiger partial charge in [-0.1, -0.05) is 37.1 Å². The molecule has 1 fully saturated rings. The lowest BCUT2D eigenvalue weighted by molar-refractivity contribution is 0.251. The molecule has 0 bridgehead atoms. The highest BCUT2D eigenvalue weighted by molar-refractivity contribution is 5.74. The van der Waals surface area contributed by atoms with Crippen LogP contribution in [0, 0.1) is 0 Å². The number of ether oxygens (including phenoxy) is 1. The van der Waals surface area contributed by atoms with Gasteiger partial charge in [0.15, 0.2) is 0 Å². The number of hydrogen-bond donors (Lipinski definition) is 0. The van der Waals surface area contributed by atoms with Crippen molar-refractivity contribution in [3.05, 3.63) is 69.4 Å². The van der Waals surface area contributed by atoms with Crippen LogP contribution in [-0.2, 0) is 6.54 Å². The van der Waals surface area contributed by atoms with E-state index >= 15 is 0 Å². The second-order valence-electron chi connectivity index (χ2n) is 8.24. The molecule has 0 saturated carbocycles. The molecule has 1 saturated heterocycles. The molecule has 3 aromatic rings. The van der Waals surface area contributed by atoms with Gasteiger partial charge < -0.3 is 14.1 Å². The topological polar surface area (TPSA) is 67.9 Å². The maximum Gasteiger partial charge on any atom is 0.422 e. The van der Waals surface area contributed by atoms with Crippen LogP contribution < -0.4 is 21.0 Å². The van der Waals surface area contributed by atoms with Crippen LogP contribution >= 0.6 is 0 Å². The molecular formula is C25H31N3O4. The third-order valence-corrected chi connectivity index (χ3v) is 6.18. The van der Waals surface area contributed by atoms with Crippen molar-refractivity contribution in [1.29, 1.82) is 0 Å². The smallest absolute Gasteiger partial charge is 0.422 e. The molecule has 4 rings (SSSR count). The Morgan fingerprint density at radius 1 is 0.844 bits per heavy atom. The summed E-state index contributed by atoms with van der Waals surface area (Å²) in [7, 11) is 1.72. The Labute approximate surface area is 187 Å². The number of benzene rings is 2. The molecule has 7 heteroatoms. The first-order valence-corrected chi connectivity index (χ1v) is 11.4. The minimum Gasteiger partial charge on any atom is -0.495 e. The zero-order chi connectivity index (χ0) is 22.3. The predicted molar refractivity (Wildman–Crippen MR) is 127 cm³/mol. The molecule has 0 radical (unpaired) electrons. The van der Waals surface area contributed by atoms with Crippen LogP contribution in [0.25, 0.3) is 11.0 Å². The zero-order valence-corrected chi connectivity index (χ0v) is 18.7. The highest BCUT2D eigenvalue weighted by atomic mass is 16.5. The third kappa shape index (κ3) is 5.05. The van der Waals surface area contributed by atoms with Crippen LogP contribution in [-0.4, -0.2) is 49.3 Å². The molecule has 7 nitrogen and oxygen atoms in total. The summed E-state index contributed by atoms with van der Waals surface area (Å²) >= 11 is 0. The highest BCUT2D eigenvalue weighted by Gasteiger charge is 2.19. The normalized spacial score (nSPS) is 14.7. The van der Waals surface area contributed by atoms with Crippen molar-refractivity contribution in [2.24, 2.45) is 0 Å². The predicted octanol–water partition coefficient (Wildman–Crippen LogP) is 3.35. The SMILES string of the molecule is COc1ccccc1N1CCN(CCCCCCn2c(=O)oc3ccccc3c2=O)CC1. The first kappa shape index (κ1) is 22.1. The lowest BCUT2D eigenvalue weighted by atomic mass is 10.1. The quantitative estimate of drug-likeness (QED) is 0.478. The Morgan fingerprint density at radius 3 is 2.31 bits per heavy atom. The number of fused-ring (bicyclic) bond motifs is 1. The van der Waals surface area contributed by atoms with E-state index in [0.29, 0.717) is 17.5 Å². The average Bonchev–Trinajstić information content (AvgIpc) is 2.83. The molecule has 0 aliphatic carbocycles. The molecule has 0 spiro atoms. The van der Waals surface area contributed by atoms with Gasteiger partial charge >= 0.3 is 5.76 Å². The summed E-state index contributed by atoms with van der Waals surface area (Å²) in [6, 6.07) is 15.1. The van der Waals surface area contributed by atoms with Gasteiger partial charge in [0, 0.05) is 32.7 Å². The first-order chi connectivity index (χ1) is 15.7. The Bertz CT molecular complexity index is 1150. The van der Waals surface area contributed by atoms with Gasteiger partial charge in [-0.25, -0.2) is 9.36 Å². The summed E-state index contributed by atoms with van der Waals surface area (Å²) in [4.78, 5) is 29.6. The standard InChI is InChI=1S/C25H31N3O4/c1-31-23-13-7-5-11-21(23)27-18-16-26(17-19-27)14-8-2-3-9-15-28-24(29)20-10-4-6-12-22(20)32-25(28)30/h4-7,10-13H,2-3,8-9,14-19H2,1H3. The van der Waals surface area contributed by atoms with E-state index in [0.717, 1.165) is 64.2 Å². The summed E-state index contributed by atoms with van der Waals surface area (Å²) in [5, 5.41) is 0.458. The molecule has 170 valence electrons. The average molecular weight is 438 g/mol. The van der Waals surface area contributed by atoms with Crippen LogP contribution in [0.3, 0.4) is 0 Å². The summed E-state index contributed by atoms with van der Waals surface area (Å²) in [5.41, 5.74) is 1.26. The second kappa shape index (κ2) is 10.5. The van der Waals surface area contributed by atoms with Gasteiger partial charge in [0.1, 0.15) is 11.3 Å². The minimum absolute atomic E-state index is 0.259. The Hall–Kier alpha value is -3.06. The van der Waals surface area contributed by atoms with Crippen molar-refractivity contribution >= 4 is 16.7 Å². The third-order valence-electron chi connectivity index (χ3n) is 6.18. The van der Waals surface area contributed by atoms with Gasteiger partial charge in [-0.2, -0.15) is 0 Å². The number of hydrogen-bond acceptors (Lipinski definition) is 6.